The lowest BCUT2D eigenvalue weighted by molar-refractivity contribution is 0.00244. The number of carbonyl (C=O) groups is 1. The summed E-state index contributed by atoms with van der Waals surface area (Å²) in [7, 11) is 0. The number of aliphatic hydroxyl groups is 1. The molecule has 0 radical (unpaired) electrons. The molecular weight excluding hydrogens is 206 g/mol. The van der Waals surface area contributed by atoms with Gasteiger partial charge in [0.05, 0.1) is 18.7 Å². The minimum absolute atomic E-state index is 0.0271. The van der Waals surface area contributed by atoms with Gasteiger partial charge in [0, 0.05) is 0 Å². The summed E-state index contributed by atoms with van der Waals surface area (Å²) >= 11 is 0. The van der Waals surface area contributed by atoms with Crippen LogP contribution in [0.15, 0.2) is 12.2 Å². The van der Waals surface area contributed by atoms with Crippen LogP contribution in [0, 0.1) is 0 Å². The van der Waals surface area contributed by atoms with Crippen molar-refractivity contribution < 1.29 is 14.6 Å². The first-order chi connectivity index (χ1) is 7.35. The lowest BCUT2D eigenvalue weighted by Gasteiger charge is -2.37. The molecule has 0 aromatic heterocycles. The molecule has 0 saturated carbocycles. The van der Waals surface area contributed by atoms with E-state index in [9.17, 15) is 9.90 Å². The molecule has 1 heterocycles. The highest BCUT2D eigenvalue weighted by Crippen LogP contribution is 2.20. The SMILES string of the molecule is C[C@H]1C=CC[C@@H](CO)N1C(=O)OC(C)(C)C. The molecule has 0 aromatic rings. The molecule has 1 rings (SSSR count). The van der Waals surface area contributed by atoms with Gasteiger partial charge < -0.3 is 9.84 Å². The van der Waals surface area contributed by atoms with Crippen LogP contribution < -0.4 is 0 Å². The molecule has 0 aromatic carbocycles. The first-order valence-electron chi connectivity index (χ1n) is 5.64. The van der Waals surface area contributed by atoms with Gasteiger partial charge in [-0.1, -0.05) is 12.2 Å². The van der Waals surface area contributed by atoms with Gasteiger partial charge in [0.25, 0.3) is 0 Å². The summed E-state index contributed by atoms with van der Waals surface area (Å²) in [6.45, 7) is 7.39. The number of nitrogens with zero attached hydrogens (tertiary/aromatic N) is 1. The van der Waals surface area contributed by atoms with Gasteiger partial charge >= 0.3 is 6.09 Å². The molecule has 4 nitrogen and oxygen atoms in total. The van der Waals surface area contributed by atoms with Crippen molar-refractivity contribution >= 4 is 6.09 Å². The van der Waals surface area contributed by atoms with Gasteiger partial charge in [-0.2, -0.15) is 0 Å². The average molecular weight is 227 g/mol. The van der Waals surface area contributed by atoms with E-state index in [-0.39, 0.29) is 24.8 Å². The van der Waals surface area contributed by atoms with E-state index in [1.54, 1.807) is 4.90 Å². The van der Waals surface area contributed by atoms with E-state index >= 15 is 0 Å². The van der Waals surface area contributed by atoms with Crippen LogP contribution in [0.1, 0.15) is 34.1 Å². The summed E-state index contributed by atoms with van der Waals surface area (Å²) < 4.78 is 5.32. The first kappa shape index (κ1) is 13.0. The lowest BCUT2D eigenvalue weighted by Crippen LogP contribution is -2.50. The van der Waals surface area contributed by atoms with Crippen LogP contribution in [0.3, 0.4) is 0 Å². The maximum Gasteiger partial charge on any atom is 0.411 e. The Labute approximate surface area is 96.9 Å². The Morgan fingerprint density at radius 3 is 2.69 bits per heavy atom. The zero-order valence-corrected chi connectivity index (χ0v) is 10.4. The molecule has 1 amide bonds. The van der Waals surface area contributed by atoms with E-state index in [1.165, 1.54) is 0 Å². The third-order valence-electron chi connectivity index (χ3n) is 2.47. The van der Waals surface area contributed by atoms with E-state index in [4.69, 9.17) is 4.74 Å². The third kappa shape index (κ3) is 3.23. The number of hydrogen-bond donors (Lipinski definition) is 1. The second kappa shape index (κ2) is 4.87. The molecule has 1 aliphatic rings. The van der Waals surface area contributed by atoms with Gasteiger partial charge in [0.1, 0.15) is 5.60 Å². The smallest absolute Gasteiger partial charge is 0.411 e. The topological polar surface area (TPSA) is 49.8 Å². The molecule has 1 aliphatic heterocycles. The largest absolute Gasteiger partial charge is 0.444 e. The second-order valence-corrected chi connectivity index (χ2v) is 5.13. The minimum Gasteiger partial charge on any atom is -0.444 e. The highest BCUT2D eigenvalue weighted by atomic mass is 16.6. The van der Waals surface area contributed by atoms with E-state index in [2.05, 4.69) is 0 Å². The molecular formula is C12H21NO3. The Morgan fingerprint density at radius 2 is 2.19 bits per heavy atom. The van der Waals surface area contributed by atoms with Gasteiger partial charge in [-0.05, 0) is 34.1 Å². The van der Waals surface area contributed by atoms with Crippen LogP contribution in [0.25, 0.3) is 0 Å². The molecule has 0 fully saturated rings. The molecule has 4 heteroatoms. The Hall–Kier alpha value is -1.03. The van der Waals surface area contributed by atoms with E-state index in [0.717, 1.165) is 0 Å². The van der Waals surface area contributed by atoms with Crippen molar-refractivity contribution in [3.8, 4) is 0 Å². The van der Waals surface area contributed by atoms with Crippen LogP contribution in [-0.4, -0.2) is 40.4 Å². The second-order valence-electron chi connectivity index (χ2n) is 5.13. The summed E-state index contributed by atoms with van der Waals surface area (Å²) in [5.74, 6) is 0. The number of amides is 1. The van der Waals surface area contributed by atoms with Crippen LogP contribution in [0.5, 0.6) is 0 Å². The number of ether oxygens (including phenoxy) is 1. The monoisotopic (exact) mass is 227 g/mol. The van der Waals surface area contributed by atoms with Crippen LogP contribution in [-0.2, 0) is 4.74 Å². The maximum absolute atomic E-state index is 12.0. The molecule has 16 heavy (non-hydrogen) atoms. The number of carbonyl (C=O) groups excluding carboxylic acids is 1. The highest BCUT2D eigenvalue weighted by molar-refractivity contribution is 5.69. The van der Waals surface area contributed by atoms with E-state index < -0.39 is 5.60 Å². The van der Waals surface area contributed by atoms with Gasteiger partial charge in [0.15, 0.2) is 0 Å². The number of rotatable bonds is 1. The van der Waals surface area contributed by atoms with Crippen molar-refractivity contribution in [2.45, 2.75) is 51.8 Å². The fourth-order valence-corrected chi connectivity index (χ4v) is 1.76. The normalized spacial score (nSPS) is 25.7. The molecule has 0 saturated heterocycles. The van der Waals surface area contributed by atoms with Crippen LogP contribution in [0.4, 0.5) is 4.79 Å². The van der Waals surface area contributed by atoms with Crippen molar-refractivity contribution in [3.05, 3.63) is 12.2 Å². The fourth-order valence-electron chi connectivity index (χ4n) is 1.76. The molecule has 0 spiro atoms. The van der Waals surface area contributed by atoms with Crippen molar-refractivity contribution in [2.75, 3.05) is 6.61 Å². The minimum atomic E-state index is -0.502. The quantitative estimate of drug-likeness (QED) is 0.696. The van der Waals surface area contributed by atoms with Crippen molar-refractivity contribution in [2.24, 2.45) is 0 Å². The Balaban J connectivity index is 2.75. The fraction of sp³-hybridized carbons (Fsp3) is 0.750. The number of aliphatic hydroxyl groups excluding tert-OH is 1. The summed E-state index contributed by atoms with van der Waals surface area (Å²) in [5.41, 5.74) is -0.502. The van der Waals surface area contributed by atoms with E-state index in [0.29, 0.717) is 6.42 Å². The standard InChI is InChI=1S/C12H21NO3/c1-9-6-5-7-10(8-14)13(9)11(15)16-12(2,3)4/h5-6,9-10,14H,7-8H2,1-4H3/t9-,10-/m0/s1. The average Bonchev–Trinajstić information content (AvgIpc) is 2.14. The summed E-state index contributed by atoms with van der Waals surface area (Å²) in [5, 5.41) is 9.24. The van der Waals surface area contributed by atoms with Crippen LogP contribution >= 0.6 is 0 Å². The van der Waals surface area contributed by atoms with Crippen molar-refractivity contribution in [1.29, 1.82) is 0 Å². The predicted octanol–water partition coefficient (Wildman–Crippen LogP) is 1.93. The van der Waals surface area contributed by atoms with Gasteiger partial charge in [-0.15, -0.1) is 0 Å². The molecule has 92 valence electrons. The predicted molar refractivity (Wildman–Crippen MR) is 62.2 cm³/mol. The molecule has 0 aliphatic carbocycles. The Morgan fingerprint density at radius 1 is 1.56 bits per heavy atom. The summed E-state index contributed by atoms with van der Waals surface area (Å²) in [4.78, 5) is 13.6. The molecule has 0 unspecified atom stereocenters. The van der Waals surface area contributed by atoms with Crippen LogP contribution in [0.2, 0.25) is 0 Å². The number of hydrogen-bond acceptors (Lipinski definition) is 3. The summed E-state index contributed by atoms with van der Waals surface area (Å²) in [6, 6.07) is -0.199. The van der Waals surface area contributed by atoms with Gasteiger partial charge in [-0.25, -0.2) is 4.79 Å². The lowest BCUT2D eigenvalue weighted by atomic mass is 10.0. The Bertz CT molecular complexity index is 280. The first-order valence-corrected chi connectivity index (χ1v) is 5.64. The third-order valence-corrected chi connectivity index (χ3v) is 2.47. The van der Waals surface area contributed by atoms with Gasteiger partial charge in [0.2, 0.25) is 0 Å². The molecule has 0 bridgehead atoms. The zero-order valence-electron chi connectivity index (χ0n) is 10.4. The highest BCUT2D eigenvalue weighted by Gasteiger charge is 2.32. The van der Waals surface area contributed by atoms with Crippen molar-refractivity contribution in [3.63, 3.8) is 0 Å². The van der Waals surface area contributed by atoms with E-state index in [1.807, 2.05) is 39.8 Å². The Kier molecular flexibility index (Phi) is 3.97. The molecule has 1 N–H and O–H groups in total. The zero-order chi connectivity index (χ0) is 12.3. The van der Waals surface area contributed by atoms with Crippen molar-refractivity contribution in [1.82, 2.24) is 4.90 Å². The maximum atomic E-state index is 12.0. The van der Waals surface area contributed by atoms with Gasteiger partial charge in [-0.3, -0.25) is 4.90 Å². The summed E-state index contributed by atoms with van der Waals surface area (Å²) in [6.07, 6.45) is 4.27. The molecule has 2 atom stereocenters.